The van der Waals surface area contributed by atoms with Gasteiger partial charge < -0.3 is 5.11 Å². The molecule has 0 bridgehead atoms. The third-order valence-corrected chi connectivity index (χ3v) is 3.26. The van der Waals surface area contributed by atoms with Crippen molar-refractivity contribution >= 4 is 11.6 Å². The Labute approximate surface area is 89.7 Å². The van der Waals surface area contributed by atoms with Crippen LogP contribution in [0.4, 0.5) is 0 Å². The van der Waals surface area contributed by atoms with Gasteiger partial charge in [-0.1, -0.05) is 23.7 Å². The summed E-state index contributed by atoms with van der Waals surface area (Å²) in [5, 5.41) is 10.6. The highest BCUT2D eigenvalue weighted by molar-refractivity contribution is 6.31. The van der Waals surface area contributed by atoms with Crippen LogP contribution >= 0.6 is 11.6 Å². The van der Waals surface area contributed by atoms with E-state index < -0.39 is 0 Å². The van der Waals surface area contributed by atoms with Crippen molar-refractivity contribution < 1.29 is 5.11 Å². The molecule has 0 radical (unpaired) electrons. The molecule has 14 heavy (non-hydrogen) atoms. The fraction of sp³-hybridized carbons (Fsp3) is 0.500. The summed E-state index contributed by atoms with van der Waals surface area (Å²) < 4.78 is 0. The van der Waals surface area contributed by atoms with Crippen LogP contribution in [0.1, 0.15) is 24.0 Å². The molecule has 76 valence electrons. The summed E-state index contributed by atoms with van der Waals surface area (Å²) in [7, 11) is 0. The highest BCUT2D eigenvalue weighted by Crippen LogP contribution is 2.34. The minimum absolute atomic E-state index is 0.157. The van der Waals surface area contributed by atoms with E-state index >= 15 is 0 Å². The third-order valence-electron chi connectivity index (χ3n) is 2.83. The number of aryl methyl sites for hydroxylation is 1. The highest BCUT2D eigenvalue weighted by atomic mass is 35.5. The second-order valence-corrected chi connectivity index (χ2v) is 4.60. The minimum atomic E-state index is -0.157. The van der Waals surface area contributed by atoms with E-state index in [0.29, 0.717) is 5.92 Å². The van der Waals surface area contributed by atoms with Gasteiger partial charge in [-0.15, -0.1) is 0 Å². The lowest BCUT2D eigenvalue weighted by atomic mass is 10.0. The molecule has 1 aliphatic carbocycles. The van der Waals surface area contributed by atoms with Gasteiger partial charge >= 0.3 is 0 Å². The molecule has 1 fully saturated rings. The van der Waals surface area contributed by atoms with Crippen LogP contribution in [0, 0.1) is 12.8 Å². The van der Waals surface area contributed by atoms with E-state index in [0.717, 1.165) is 17.0 Å². The van der Waals surface area contributed by atoms with Crippen molar-refractivity contribution in [1.29, 1.82) is 0 Å². The summed E-state index contributed by atoms with van der Waals surface area (Å²) in [5.41, 5.74) is 2.28. The second kappa shape index (κ2) is 3.92. The molecule has 0 aromatic heterocycles. The molecule has 0 aliphatic heterocycles. The zero-order valence-electron chi connectivity index (χ0n) is 8.33. The summed E-state index contributed by atoms with van der Waals surface area (Å²) >= 11 is 5.93. The molecule has 2 heteroatoms. The number of rotatable bonds is 3. The van der Waals surface area contributed by atoms with Crippen LogP contribution in [0.2, 0.25) is 5.02 Å². The van der Waals surface area contributed by atoms with Crippen LogP contribution in [0.5, 0.6) is 0 Å². The van der Waals surface area contributed by atoms with E-state index in [2.05, 4.69) is 6.07 Å². The Morgan fingerprint density at radius 2 is 2.21 bits per heavy atom. The van der Waals surface area contributed by atoms with Gasteiger partial charge in [-0.05, 0) is 49.3 Å². The summed E-state index contributed by atoms with van der Waals surface area (Å²) in [6.45, 7) is 2.00. The van der Waals surface area contributed by atoms with Gasteiger partial charge in [-0.25, -0.2) is 0 Å². The van der Waals surface area contributed by atoms with Crippen molar-refractivity contribution in [2.75, 3.05) is 0 Å². The number of aliphatic hydroxyl groups is 1. The molecule has 1 saturated carbocycles. The van der Waals surface area contributed by atoms with Gasteiger partial charge in [0.2, 0.25) is 0 Å². The average molecular weight is 211 g/mol. The van der Waals surface area contributed by atoms with Crippen LogP contribution in [0.25, 0.3) is 0 Å². The van der Waals surface area contributed by atoms with Gasteiger partial charge in [0, 0.05) is 5.02 Å². The fourth-order valence-electron chi connectivity index (χ4n) is 1.72. The minimum Gasteiger partial charge on any atom is -0.392 e. The topological polar surface area (TPSA) is 20.2 Å². The first-order chi connectivity index (χ1) is 6.66. The second-order valence-electron chi connectivity index (χ2n) is 4.19. The first-order valence-electron chi connectivity index (χ1n) is 5.10. The molecular formula is C12H15ClO. The Bertz CT molecular complexity index is 331. The lowest BCUT2D eigenvalue weighted by Crippen LogP contribution is -2.12. The molecule has 0 amide bonds. The summed E-state index contributed by atoms with van der Waals surface area (Å²) in [4.78, 5) is 0. The van der Waals surface area contributed by atoms with Crippen molar-refractivity contribution in [2.45, 2.75) is 32.3 Å². The molecule has 1 aliphatic rings. The van der Waals surface area contributed by atoms with Crippen molar-refractivity contribution in [3.05, 3.63) is 34.3 Å². The monoisotopic (exact) mass is 210 g/mol. The SMILES string of the molecule is Cc1cc(CC(O)C2CC2)ccc1Cl. The first kappa shape index (κ1) is 10.0. The van der Waals surface area contributed by atoms with Gasteiger partial charge in [0.05, 0.1) is 6.10 Å². The van der Waals surface area contributed by atoms with Gasteiger partial charge in [0.1, 0.15) is 0 Å². The number of hydrogen-bond donors (Lipinski definition) is 1. The number of halogens is 1. The zero-order valence-corrected chi connectivity index (χ0v) is 9.09. The molecule has 1 atom stereocenters. The molecule has 1 aromatic carbocycles. The molecule has 1 aromatic rings. The van der Waals surface area contributed by atoms with E-state index in [1.54, 1.807) is 0 Å². The maximum atomic E-state index is 9.77. The van der Waals surface area contributed by atoms with E-state index in [4.69, 9.17) is 11.6 Å². The predicted octanol–water partition coefficient (Wildman–Crippen LogP) is 2.96. The molecule has 1 unspecified atom stereocenters. The number of benzene rings is 1. The molecule has 1 nitrogen and oxygen atoms in total. The molecular weight excluding hydrogens is 196 g/mol. The van der Waals surface area contributed by atoms with Crippen molar-refractivity contribution in [2.24, 2.45) is 5.92 Å². The van der Waals surface area contributed by atoms with E-state index in [1.807, 2.05) is 19.1 Å². The molecule has 0 spiro atoms. The van der Waals surface area contributed by atoms with Crippen molar-refractivity contribution in [3.8, 4) is 0 Å². The molecule has 0 saturated heterocycles. The van der Waals surface area contributed by atoms with Crippen LogP contribution in [0.3, 0.4) is 0 Å². The largest absolute Gasteiger partial charge is 0.392 e. The molecule has 1 N–H and O–H groups in total. The van der Waals surface area contributed by atoms with E-state index in [1.165, 1.54) is 18.4 Å². The highest BCUT2D eigenvalue weighted by Gasteiger charge is 2.29. The van der Waals surface area contributed by atoms with Crippen LogP contribution < -0.4 is 0 Å². The van der Waals surface area contributed by atoms with Crippen molar-refractivity contribution in [1.82, 2.24) is 0 Å². The maximum absolute atomic E-state index is 9.77. The predicted molar refractivity (Wildman–Crippen MR) is 58.6 cm³/mol. The normalized spacial score (nSPS) is 18.2. The lowest BCUT2D eigenvalue weighted by molar-refractivity contribution is 0.151. The first-order valence-corrected chi connectivity index (χ1v) is 5.47. The van der Waals surface area contributed by atoms with Gasteiger partial charge in [0.15, 0.2) is 0 Å². The van der Waals surface area contributed by atoms with Crippen LogP contribution in [-0.4, -0.2) is 11.2 Å². The third kappa shape index (κ3) is 2.28. The average Bonchev–Trinajstić information content (AvgIpc) is 2.94. The van der Waals surface area contributed by atoms with Crippen molar-refractivity contribution in [3.63, 3.8) is 0 Å². The summed E-state index contributed by atoms with van der Waals surface area (Å²) in [5.74, 6) is 0.547. The van der Waals surface area contributed by atoms with E-state index in [9.17, 15) is 5.11 Å². The summed E-state index contributed by atoms with van der Waals surface area (Å²) in [6.07, 6.45) is 2.99. The quantitative estimate of drug-likeness (QED) is 0.814. The fourth-order valence-corrected chi connectivity index (χ4v) is 1.84. The number of hydrogen-bond acceptors (Lipinski definition) is 1. The Hall–Kier alpha value is -0.530. The number of aliphatic hydroxyl groups excluding tert-OH is 1. The zero-order chi connectivity index (χ0) is 10.1. The van der Waals surface area contributed by atoms with E-state index in [-0.39, 0.29) is 6.10 Å². The Balaban J connectivity index is 2.04. The smallest absolute Gasteiger partial charge is 0.0608 e. The Morgan fingerprint density at radius 3 is 2.79 bits per heavy atom. The van der Waals surface area contributed by atoms with Crippen LogP contribution in [0.15, 0.2) is 18.2 Å². The standard InChI is InChI=1S/C12H15ClO/c1-8-6-9(2-5-11(8)13)7-12(14)10-3-4-10/h2,5-6,10,12,14H,3-4,7H2,1H3. The summed E-state index contributed by atoms with van der Waals surface area (Å²) in [6, 6.07) is 5.97. The Kier molecular flexibility index (Phi) is 2.80. The lowest BCUT2D eigenvalue weighted by Gasteiger charge is -2.09. The Morgan fingerprint density at radius 1 is 1.50 bits per heavy atom. The van der Waals surface area contributed by atoms with Gasteiger partial charge in [-0.2, -0.15) is 0 Å². The maximum Gasteiger partial charge on any atom is 0.0608 e. The van der Waals surface area contributed by atoms with Gasteiger partial charge in [-0.3, -0.25) is 0 Å². The van der Waals surface area contributed by atoms with Gasteiger partial charge in [0.25, 0.3) is 0 Å². The molecule has 2 rings (SSSR count). The molecule has 0 heterocycles. The van der Waals surface area contributed by atoms with Crippen LogP contribution in [-0.2, 0) is 6.42 Å².